The molecule has 0 unspecified atom stereocenters. The van der Waals surface area contributed by atoms with Gasteiger partial charge in [0.2, 0.25) is 5.95 Å². The third-order valence-corrected chi connectivity index (χ3v) is 6.97. The van der Waals surface area contributed by atoms with Crippen LogP contribution in [0.5, 0.6) is 5.75 Å². The van der Waals surface area contributed by atoms with Crippen molar-refractivity contribution >= 4 is 34.4 Å². The van der Waals surface area contributed by atoms with E-state index in [1.165, 1.54) is 31.7 Å². The molecule has 0 radical (unpaired) electrons. The number of nitrogens with zero attached hydrogens (tertiary/aromatic N) is 4. The molecule has 4 rings (SSSR count). The van der Waals surface area contributed by atoms with Crippen molar-refractivity contribution in [1.29, 1.82) is 0 Å². The Morgan fingerprint density at radius 1 is 1.25 bits per heavy atom. The molecule has 2 aromatic heterocycles. The van der Waals surface area contributed by atoms with E-state index >= 15 is 0 Å². The number of aromatic nitrogens is 3. The third kappa shape index (κ3) is 5.00. The van der Waals surface area contributed by atoms with E-state index in [1.54, 1.807) is 18.0 Å². The van der Waals surface area contributed by atoms with Crippen molar-refractivity contribution in [3.63, 3.8) is 0 Å². The van der Waals surface area contributed by atoms with Crippen molar-refractivity contribution in [2.45, 2.75) is 26.2 Å². The van der Waals surface area contributed by atoms with E-state index in [1.807, 2.05) is 18.2 Å². The summed E-state index contributed by atoms with van der Waals surface area (Å²) in [5.41, 5.74) is 1.79. The topological polar surface area (TPSA) is 89.3 Å². The maximum Gasteiger partial charge on any atom is 0.293 e. The number of carbonyl (C=O) groups excluding carboxylic acids is 1. The highest BCUT2D eigenvalue weighted by molar-refractivity contribution is 6.31. The zero-order valence-electron chi connectivity index (χ0n) is 20.5. The van der Waals surface area contributed by atoms with Crippen molar-refractivity contribution in [2.24, 2.45) is 18.9 Å². The number of likely N-dealkylation sites (N-methyl/N-ethyl adjacent to an activating group) is 1. The zero-order valence-corrected chi connectivity index (χ0v) is 21.3. The molecule has 2 atom stereocenters. The van der Waals surface area contributed by atoms with E-state index in [0.29, 0.717) is 28.6 Å². The van der Waals surface area contributed by atoms with Gasteiger partial charge in [0.15, 0.2) is 12.4 Å². The van der Waals surface area contributed by atoms with Gasteiger partial charge in [0.05, 0.1) is 22.4 Å². The van der Waals surface area contributed by atoms with E-state index < -0.39 is 17.8 Å². The number of aryl methyl sites for hydroxylation is 1. The molecule has 0 bridgehead atoms. The Kier molecular flexibility index (Phi) is 7.17. The molecule has 0 spiro atoms. The monoisotopic (exact) mass is 519 g/mol. The molecule has 1 aliphatic heterocycles. The number of hydrogen-bond acceptors (Lipinski definition) is 6. The quantitative estimate of drug-likeness (QED) is 0.537. The van der Waals surface area contributed by atoms with Crippen LogP contribution in [0.15, 0.2) is 35.3 Å². The predicted octanol–water partition coefficient (Wildman–Crippen LogP) is 3.43. The van der Waals surface area contributed by atoms with E-state index in [-0.39, 0.29) is 36.9 Å². The number of rotatable bonds is 6. The number of nitrogens with one attached hydrogen (secondary N) is 1. The third-order valence-electron chi connectivity index (χ3n) is 6.65. The molecule has 3 aromatic rings. The first-order chi connectivity index (χ1) is 17.0. The lowest BCUT2D eigenvalue weighted by Crippen LogP contribution is -2.52. The van der Waals surface area contributed by atoms with Crippen molar-refractivity contribution in [3.8, 4) is 5.75 Å². The Morgan fingerprint density at radius 3 is 2.61 bits per heavy atom. The van der Waals surface area contributed by atoms with Crippen molar-refractivity contribution in [1.82, 2.24) is 19.9 Å². The molecule has 0 saturated carbocycles. The number of hydrogen-bond donors (Lipinski definition) is 1. The molecule has 3 heterocycles. The van der Waals surface area contributed by atoms with Gasteiger partial charge in [-0.1, -0.05) is 31.5 Å². The van der Waals surface area contributed by atoms with Crippen LogP contribution in [0.4, 0.5) is 14.7 Å². The number of carbonyl (C=O) groups is 1. The molecular formula is C25H28ClF2N5O3. The Morgan fingerprint density at radius 2 is 1.94 bits per heavy atom. The molecular weight excluding hydrogens is 492 g/mol. The summed E-state index contributed by atoms with van der Waals surface area (Å²) in [7, 11) is 3.12. The Hall–Kier alpha value is -3.27. The van der Waals surface area contributed by atoms with Crippen LogP contribution in [0.2, 0.25) is 5.02 Å². The second-order valence-corrected chi connectivity index (χ2v) is 9.66. The molecule has 11 heteroatoms. The fourth-order valence-corrected chi connectivity index (χ4v) is 4.58. The number of piperidine rings is 1. The average molecular weight is 520 g/mol. The van der Waals surface area contributed by atoms with Gasteiger partial charge in [-0.15, -0.1) is 0 Å². The number of amides is 1. The minimum atomic E-state index is -2.74. The fraction of sp³-hybridized carbons (Fsp3) is 0.440. The van der Waals surface area contributed by atoms with Gasteiger partial charge in [-0.25, -0.2) is 18.7 Å². The van der Waals surface area contributed by atoms with Crippen LogP contribution < -0.4 is 20.5 Å². The van der Waals surface area contributed by atoms with Gasteiger partial charge in [0.25, 0.3) is 17.4 Å². The van der Waals surface area contributed by atoms with Crippen LogP contribution >= 0.6 is 11.6 Å². The SMILES string of the molecule is CNC(=O)COc1cc2cc(Cc3nc(N4C[C@@H](C)C(F)(F)[C@@H](C)C4)ncc3Cl)ccc2n(C)c1=O. The lowest BCUT2D eigenvalue weighted by molar-refractivity contribution is -0.122. The average Bonchev–Trinajstić information content (AvgIpc) is 2.85. The second kappa shape index (κ2) is 10.0. The Bertz CT molecular complexity index is 1350. The highest BCUT2D eigenvalue weighted by Gasteiger charge is 2.47. The highest BCUT2D eigenvalue weighted by Crippen LogP contribution is 2.38. The highest BCUT2D eigenvalue weighted by atomic mass is 35.5. The summed E-state index contributed by atoms with van der Waals surface area (Å²) in [6, 6.07) is 7.19. The minimum Gasteiger partial charge on any atom is -0.478 e. The van der Waals surface area contributed by atoms with Gasteiger partial charge in [0, 0.05) is 50.8 Å². The standard InChI is InChI=1S/C25H28ClF2N5O3/c1-14-11-33(12-15(2)25(14,27)28)24-30-10-18(26)19(31-24)8-16-5-6-20-17(7-16)9-21(23(35)32(20)4)36-13-22(34)29-3/h5-7,9-10,14-15H,8,11-13H2,1-4H3,(H,29,34)/t14-,15+. The maximum absolute atomic E-state index is 14.3. The van der Waals surface area contributed by atoms with Gasteiger partial charge >= 0.3 is 0 Å². The Labute approximate surface area is 212 Å². The second-order valence-electron chi connectivity index (χ2n) is 9.25. The summed E-state index contributed by atoms with van der Waals surface area (Å²) in [5.74, 6) is -4.29. The van der Waals surface area contributed by atoms with Gasteiger partial charge in [0.1, 0.15) is 0 Å². The first kappa shape index (κ1) is 25.8. The normalized spacial score (nSPS) is 19.4. The van der Waals surface area contributed by atoms with Crippen LogP contribution in [0.25, 0.3) is 10.9 Å². The first-order valence-electron chi connectivity index (χ1n) is 11.6. The summed E-state index contributed by atoms with van der Waals surface area (Å²) in [6.07, 6.45) is 1.87. The summed E-state index contributed by atoms with van der Waals surface area (Å²) >= 11 is 6.39. The maximum atomic E-state index is 14.3. The van der Waals surface area contributed by atoms with Gasteiger partial charge in [-0.2, -0.15) is 0 Å². The molecule has 1 saturated heterocycles. The minimum absolute atomic E-state index is 0.0678. The molecule has 1 aliphatic rings. The molecule has 0 aliphatic carbocycles. The number of ether oxygens (including phenoxy) is 1. The molecule has 1 N–H and O–H groups in total. The summed E-state index contributed by atoms with van der Waals surface area (Å²) in [4.78, 5) is 34.8. The van der Waals surface area contributed by atoms with E-state index in [4.69, 9.17) is 16.3 Å². The van der Waals surface area contributed by atoms with E-state index in [0.717, 1.165) is 10.9 Å². The van der Waals surface area contributed by atoms with E-state index in [2.05, 4.69) is 15.3 Å². The van der Waals surface area contributed by atoms with Crippen LogP contribution in [-0.2, 0) is 18.3 Å². The predicted molar refractivity (Wildman–Crippen MR) is 134 cm³/mol. The van der Waals surface area contributed by atoms with Gasteiger partial charge < -0.3 is 19.5 Å². The smallest absolute Gasteiger partial charge is 0.293 e. The van der Waals surface area contributed by atoms with Crippen molar-refractivity contribution < 1.29 is 18.3 Å². The number of anilines is 1. The number of halogens is 3. The van der Waals surface area contributed by atoms with Gasteiger partial charge in [-0.3, -0.25) is 9.59 Å². The summed E-state index contributed by atoms with van der Waals surface area (Å²) in [6.45, 7) is 3.11. The van der Waals surface area contributed by atoms with Crippen LogP contribution in [0.3, 0.4) is 0 Å². The molecule has 1 fully saturated rings. The molecule has 8 nitrogen and oxygen atoms in total. The molecule has 1 amide bonds. The van der Waals surface area contributed by atoms with Crippen molar-refractivity contribution in [3.05, 3.63) is 57.1 Å². The van der Waals surface area contributed by atoms with Crippen LogP contribution in [0, 0.1) is 11.8 Å². The number of alkyl halides is 2. The Balaban J connectivity index is 1.61. The zero-order chi connectivity index (χ0) is 26.2. The molecule has 36 heavy (non-hydrogen) atoms. The van der Waals surface area contributed by atoms with E-state index in [9.17, 15) is 18.4 Å². The summed E-state index contributed by atoms with van der Waals surface area (Å²) in [5, 5.41) is 3.56. The lowest BCUT2D eigenvalue weighted by Gasteiger charge is -2.41. The largest absolute Gasteiger partial charge is 0.478 e. The van der Waals surface area contributed by atoms with Crippen LogP contribution in [0.1, 0.15) is 25.1 Å². The number of fused-ring (bicyclic) bond motifs is 1. The van der Waals surface area contributed by atoms with Crippen molar-refractivity contribution in [2.75, 3.05) is 31.6 Å². The van der Waals surface area contributed by atoms with Gasteiger partial charge in [-0.05, 0) is 23.8 Å². The van der Waals surface area contributed by atoms with Crippen LogP contribution in [-0.4, -0.2) is 53.1 Å². The fourth-order valence-electron chi connectivity index (χ4n) is 4.42. The molecule has 1 aromatic carbocycles. The first-order valence-corrected chi connectivity index (χ1v) is 12.0. The summed E-state index contributed by atoms with van der Waals surface area (Å²) < 4.78 is 35.5. The lowest BCUT2D eigenvalue weighted by atomic mass is 9.87. The molecule has 192 valence electrons. The number of pyridine rings is 1. The number of benzene rings is 1.